The van der Waals surface area contributed by atoms with Gasteiger partial charge < -0.3 is 10.3 Å². The molecule has 2 N–H and O–H groups in total. The second-order valence-electron chi connectivity index (χ2n) is 5.62. The molecule has 2 aromatic heterocycles. The number of benzene rings is 1. The minimum atomic E-state index is -0.459. The normalized spacial score (nSPS) is 10.6. The van der Waals surface area contributed by atoms with Crippen LogP contribution in [-0.4, -0.2) is 31.4 Å². The minimum absolute atomic E-state index is 0.107. The Balaban J connectivity index is 1.87. The van der Waals surface area contributed by atoms with Gasteiger partial charge in [-0.05, 0) is 25.8 Å². The van der Waals surface area contributed by atoms with E-state index in [9.17, 15) is 10.1 Å². The van der Waals surface area contributed by atoms with Gasteiger partial charge in [0.25, 0.3) is 0 Å². The smallest absolute Gasteiger partial charge is 0.332 e. The third-order valence-corrected chi connectivity index (χ3v) is 3.72. The van der Waals surface area contributed by atoms with Crippen LogP contribution in [0.3, 0.4) is 0 Å². The van der Waals surface area contributed by atoms with Crippen molar-refractivity contribution in [3.05, 3.63) is 63.7 Å². The van der Waals surface area contributed by atoms with Gasteiger partial charge in [0, 0.05) is 12.7 Å². The molecule has 8 heteroatoms. The van der Waals surface area contributed by atoms with E-state index in [0.717, 1.165) is 17.8 Å². The first-order valence-electron chi connectivity index (χ1n) is 7.88. The van der Waals surface area contributed by atoms with E-state index in [2.05, 4.69) is 25.3 Å². The van der Waals surface area contributed by atoms with Crippen molar-refractivity contribution in [2.75, 3.05) is 11.9 Å². The molecule has 0 spiro atoms. The first-order valence-corrected chi connectivity index (χ1v) is 7.88. The van der Waals surface area contributed by atoms with E-state index >= 15 is 0 Å². The molecule has 0 bridgehead atoms. The number of imidazole rings is 1. The highest BCUT2D eigenvalue weighted by Crippen LogP contribution is 2.27. The summed E-state index contributed by atoms with van der Waals surface area (Å²) in [7, 11) is 0. The van der Waals surface area contributed by atoms with E-state index in [1.165, 1.54) is 0 Å². The number of aromatic nitrogens is 4. The monoisotopic (exact) mass is 338 g/mol. The number of aryl methyl sites for hydroxylation is 2. The summed E-state index contributed by atoms with van der Waals surface area (Å²) in [5.41, 5.74) is 1.90. The molecule has 25 heavy (non-hydrogen) atoms. The van der Waals surface area contributed by atoms with Crippen molar-refractivity contribution < 1.29 is 4.92 Å². The second-order valence-corrected chi connectivity index (χ2v) is 5.62. The summed E-state index contributed by atoms with van der Waals surface area (Å²) >= 11 is 0. The molecule has 0 unspecified atom stereocenters. The zero-order chi connectivity index (χ0) is 17.8. The Kier molecular flexibility index (Phi) is 4.69. The van der Waals surface area contributed by atoms with Crippen LogP contribution in [0.5, 0.6) is 0 Å². The van der Waals surface area contributed by atoms with E-state index in [1.807, 2.05) is 37.3 Å². The standard InChI is InChI=1S/C17H18N6O2/c1-11-15(23(24)25)17(18-9-8-13-6-4-3-5-7-13)22-16(20-11)14-10-19-12(2)21-14/h3-7,10H,8-9H2,1-2H3,(H,19,21)(H,18,20,22). The summed E-state index contributed by atoms with van der Waals surface area (Å²) < 4.78 is 0. The molecule has 0 saturated carbocycles. The van der Waals surface area contributed by atoms with Crippen LogP contribution in [0.15, 0.2) is 36.5 Å². The van der Waals surface area contributed by atoms with Crippen molar-refractivity contribution in [3.63, 3.8) is 0 Å². The lowest BCUT2D eigenvalue weighted by Gasteiger charge is -2.09. The van der Waals surface area contributed by atoms with Gasteiger partial charge in [0.2, 0.25) is 5.82 Å². The first-order chi connectivity index (χ1) is 12.0. The molecule has 0 fully saturated rings. The molecule has 0 radical (unpaired) electrons. The third kappa shape index (κ3) is 3.79. The third-order valence-electron chi connectivity index (χ3n) is 3.72. The molecule has 8 nitrogen and oxygen atoms in total. The average molecular weight is 338 g/mol. The second kappa shape index (κ2) is 7.08. The van der Waals surface area contributed by atoms with Gasteiger partial charge in [-0.1, -0.05) is 30.3 Å². The molecule has 0 aliphatic carbocycles. The van der Waals surface area contributed by atoms with E-state index in [1.54, 1.807) is 13.1 Å². The van der Waals surface area contributed by atoms with Gasteiger partial charge in [0.15, 0.2) is 5.82 Å². The Bertz CT molecular complexity index is 891. The average Bonchev–Trinajstić information content (AvgIpc) is 3.01. The van der Waals surface area contributed by atoms with Crippen LogP contribution in [-0.2, 0) is 6.42 Å². The fourth-order valence-electron chi connectivity index (χ4n) is 2.53. The lowest BCUT2D eigenvalue weighted by atomic mass is 10.1. The Hall–Kier alpha value is -3.29. The SMILES string of the molecule is Cc1nc(-c2nc(C)c([N+](=O)[O-])c(NCCc3ccccc3)n2)c[nH]1. The number of rotatable bonds is 6. The number of nitro groups is 1. The minimum Gasteiger partial charge on any atom is -0.364 e. The van der Waals surface area contributed by atoms with Gasteiger partial charge >= 0.3 is 5.69 Å². The lowest BCUT2D eigenvalue weighted by Crippen LogP contribution is -2.11. The number of anilines is 1. The van der Waals surface area contributed by atoms with Crippen molar-refractivity contribution in [1.29, 1.82) is 0 Å². The van der Waals surface area contributed by atoms with Gasteiger partial charge in [-0.3, -0.25) is 10.1 Å². The van der Waals surface area contributed by atoms with Crippen LogP contribution >= 0.6 is 0 Å². The molecular weight excluding hydrogens is 320 g/mol. The maximum Gasteiger partial charge on any atom is 0.332 e. The zero-order valence-corrected chi connectivity index (χ0v) is 14.0. The Morgan fingerprint density at radius 2 is 1.92 bits per heavy atom. The van der Waals surface area contributed by atoms with Crippen molar-refractivity contribution in [2.24, 2.45) is 0 Å². The Labute approximate surface area is 144 Å². The van der Waals surface area contributed by atoms with Crippen LogP contribution in [0.1, 0.15) is 17.1 Å². The summed E-state index contributed by atoms with van der Waals surface area (Å²) in [6.45, 7) is 3.95. The maximum absolute atomic E-state index is 11.4. The van der Waals surface area contributed by atoms with Crippen molar-refractivity contribution in [3.8, 4) is 11.5 Å². The highest BCUT2D eigenvalue weighted by molar-refractivity contribution is 5.63. The molecule has 2 heterocycles. The van der Waals surface area contributed by atoms with Crippen molar-refractivity contribution >= 4 is 11.5 Å². The van der Waals surface area contributed by atoms with Crippen molar-refractivity contribution in [1.82, 2.24) is 19.9 Å². The van der Waals surface area contributed by atoms with Crippen molar-refractivity contribution in [2.45, 2.75) is 20.3 Å². The Morgan fingerprint density at radius 1 is 1.16 bits per heavy atom. The van der Waals surface area contributed by atoms with Crippen LogP contribution in [0.4, 0.5) is 11.5 Å². The molecule has 0 aliphatic rings. The summed E-state index contributed by atoms with van der Waals surface area (Å²) in [4.78, 5) is 26.7. The molecule has 1 aromatic carbocycles. The molecule has 0 atom stereocenters. The summed E-state index contributed by atoms with van der Waals surface area (Å²) in [6, 6.07) is 9.90. The Morgan fingerprint density at radius 3 is 2.56 bits per heavy atom. The number of hydrogen-bond acceptors (Lipinski definition) is 6. The highest BCUT2D eigenvalue weighted by Gasteiger charge is 2.23. The zero-order valence-electron chi connectivity index (χ0n) is 14.0. The van der Waals surface area contributed by atoms with Crippen LogP contribution in [0, 0.1) is 24.0 Å². The van der Waals surface area contributed by atoms with Gasteiger partial charge in [-0.25, -0.2) is 15.0 Å². The summed E-state index contributed by atoms with van der Waals surface area (Å²) in [5.74, 6) is 1.30. The fourth-order valence-corrected chi connectivity index (χ4v) is 2.53. The molecular formula is C17H18N6O2. The van der Waals surface area contributed by atoms with Gasteiger partial charge in [-0.2, -0.15) is 0 Å². The highest BCUT2D eigenvalue weighted by atomic mass is 16.6. The number of hydrogen-bond donors (Lipinski definition) is 2. The van der Waals surface area contributed by atoms with Gasteiger partial charge in [0.1, 0.15) is 17.2 Å². The topological polar surface area (TPSA) is 110 Å². The van der Waals surface area contributed by atoms with E-state index < -0.39 is 4.92 Å². The summed E-state index contributed by atoms with van der Waals surface area (Å²) in [6.07, 6.45) is 2.42. The molecule has 3 rings (SSSR count). The number of nitrogens with one attached hydrogen (secondary N) is 2. The molecule has 3 aromatic rings. The predicted molar refractivity (Wildman–Crippen MR) is 94.4 cm³/mol. The van der Waals surface area contributed by atoms with Crippen LogP contribution < -0.4 is 5.32 Å². The first kappa shape index (κ1) is 16.6. The fraction of sp³-hybridized carbons (Fsp3) is 0.235. The molecule has 128 valence electrons. The van der Waals surface area contributed by atoms with Gasteiger partial charge in [0.05, 0.1) is 4.92 Å². The summed E-state index contributed by atoms with van der Waals surface area (Å²) in [5, 5.41) is 14.5. The molecule has 0 amide bonds. The number of aromatic amines is 1. The molecule has 0 aliphatic heterocycles. The van der Waals surface area contributed by atoms with Crippen LogP contribution in [0.25, 0.3) is 11.5 Å². The number of H-pyrrole nitrogens is 1. The maximum atomic E-state index is 11.4. The molecule has 0 saturated heterocycles. The predicted octanol–water partition coefficient (Wildman–Crippen LogP) is 3.05. The quantitative estimate of drug-likeness (QED) is 0.528. The van der Waals surface area contributed by atoms with E-state index in [0.29, 0.717) is 23.8 Å². The largest absolute Gasteiger partial charge is 0.364 e. The van der Waals surface area contributed by atoms with E-state index in [-0.39, 0.29) is 11.5 Å². The lowest BCUT2D eigenvalue weighted by molar-refractivity contribution is -0.385. The number of nitrogens with zero attached hydrogens (tertiary/aromatic N) is 4. The van der Waals surface area contributed by atoms with E-state index in [4.69, 9.17) is 0 Å². The van der Waals surface area contributed by atoms with Gasteiger partial charge in [-0.15, -0.1) is 0 Å². The van der Waals surface area contributed by atoms with Crippen LogP contribution in [0.2, 0.25) is 0 Å².